The van der Waals surface area contributed by atoms with Crippen LogP contribution in [0.5, 0.6) is 0 Å². The van der Waals surface area contributed by atoms with E-state index < -0.39 is 29.4 Å². The zero-order valence-electron chi connectivity index (χ0n) is 17.8. The maximum atomic E-state index is 13.7. The highest BCUT2D eigenvalue weighted by Crippen LogP contribution is 2.39. The van der Waals surface area contributed by atoms with Gasteiger partial charge in [-0.25, -0.2) is 9.59 Å². The second-order valence-corrected chi connectivity index (χ2v) is 7.93. The maximum Gasteiger partial charge on any atom is 0.420 e. The molecule has 1 N–H and O–H groups in total. The van der Waals surface area contributed by atoms with Gasteiger partial charge in [0, 0.05) is 17.1 Å². The van der Waals surface area contributed by atoms with Gasteiger partial charge in [0.05, 0.1) is 30.5 Å². The monoisotopic (exact) mass is 450 g/mol. The van der Waals surface area contributed by atoms with Crippen molar-refractivity contribution in [2.75, 3.05) is 7.11 Å². The molecule has 1 amide bonds. The van der Waals surface area contributed by atoms with Crippen LogP contribution in [0.3, 0.4) is 0 Å². The van der Waals surface area contributed by atoms with Gasteiger partial charge in [0.15, 0.2) is 0 Å². The van der Waals surface area contributed by atoms with E-state index in [0.29, 0.717) is 0 Å². The van der Waals surface area contributed by atoms with Gasteiger partial charge in [0.2, 0.25) is 0 Å². The second kappa shape index (κ2) is 8.52. The Morgan fingerprint density at radius 3 is 2.41 bits per heavy atom. The number of nitrogens with one attached hydrogen (secondary N) is 1. The third-order valence-electron chi connectivity index (χ3n) is 4.26. The van der Waals surface area contributed by atoms with Crippen molar-refractivity contribution in [3.05, 3.63) is 53.4 Å². The van der Waals surface area contributed by atoms with E-state index in [0.717, 1.165) is 6.07 Å². The van der Waals surface area contributed by atoms with Crippen LogP contribution in [0.15, 0.2) is 40.9 Å². The Bertz CT molecular complexity index is 1150. The molecule has 0 aliphatic heterocycles. The van der Waals surface area contributed by atoms with Crippen LogP contribution < -0.4 is 5.32 Å². The number of carbonyl (C=O) groups excluding carboxylic acids is 2. The normalized spacial score (nSPS) is 12.0. The van der Waals surface area contributed by atoms with Crippen molar-refractivity contribution < 1.29 is 36.7 Å². The summed E-state index contributed by atoms with van der Waals surface area (Å²) in [6.07, 6.45) is -4.18. The smallest absolute Gasteiger partial charge is 0.420 e. The van der Waals surface area contributed by atoms with Gasteiger partial charge in [-0.1, -0.05) is 0 Å². The quantitative estimate of drug-likeness (QED) is 0.541. The third-order valence-corrected chi connectivity index (χ3v) is 4.26. The predicted molar refractivity (Wildman–Crippen MR) is 109 cm³/mol. The highest BCUT2D eigenvalue weighted by molar-refractivity contribution is 5.90. The summed E-state index contributed by atoms with van der Waals surface area (Å²) in [6.45, 7) is 4.92. The topological polar surface area (TPSA) is 90.7 Å². The Kier molecular flexibility index (Phi) is 6.16. The Balaban J connectivity index is 1.95. The third kappa shape index (κ3) is 5.37. The first-order chi connectivity index (χ1) is 14.9. The standard InChI is InChI=1S/C22H21F3N2O5/c1-21(2,3)32-20(29)27-11-15-8-14-7-13(9-16(18(14)31-15)22(23,24)25)17-6-5-12(10-26-17)19(28)30-4/h5-10H,11H2,1-4H3,(H,27,29). The maximum absolute atomic E-state index is 13.7. The van der Waals surface area contributed by atoms with Crippen molar-refractivity contribution in [1.82, 2.24) is 10.3 Å². The molecule has 0 saturated carbocycles. The number of benzene rings is 1. The number of aromatic nitrogens is 1. The van der Waals surface area contributed by atoms with Crippen LogP contribution in [0.2, 0.25) is 0 Å². The lowest BCUT2D eigenvalue weighted by atomic mass is 10.0. The number of ether oxygens (including phenoxy) is 2. The average Bonchev–Trinajstić information content (AvgIpc) is 3.12. The van der Waals surface area contributed by atoms with Gasteiger partial charge in [-0.15, -0.1) is 0 Å². The number of halogens is 3. The Morgan fingerprint density at radius 1 is 1.12 bits per heavy atom. The Labute approximate surface area is 181 Å². The number of pyridine rings is 1. The number of hydrogen-bond donors (Lipinski definition) is 1. The summed E-state index contributed by atoms with van der Waals surface area (Å²) in [5.41, 5.74) is -1.45. The molecule has 0 unspecified atom stereocenters. The van der Waals surface area contributed by atoms with Gasteiger partial charge in [0.1, 0.15) is 16.9 Å². The zero-order chi connectivity index (χ0) is 23.7. The molecule has 1 aromatic carbocycles. The summed E-state index contributed by atoms with van der Waals surface area (Å²) in [6, 6.07) is 6.67. The molecule has 0 aliphatic rings. The van der Waals surface area contributed by atoms with Gasteiger partial charge in [-0.3, -0.25) is 4.98 Å². The fourth-order valence-electron chi connectivity index (χ4n) is 2.93. The summed E-state index contributed by atoms with van der Waals surface area (Å²) < 4.78 is 56.2. The van der Waals surface area contributed by atoms with Crippen LogP contribution in [-0.4, -0.2) is 29.8 Å². The average molecular weight is 450 g/mol. The number of carbonyl (C=O) groups is 2. The lowest BCUT2D eigenvalue weighted by Gasteiger charge is -2.19. The summed E-state index contributed by atoms with van der Waals surface area (Å²) in [5, 5.41) is 2.64. The van der Waals surface area contributed by atoms with Gasteiger partial charge in [-0.2, -0.15) is 13.2 Å². The number of hydrogen-bond acceptors (Lipinski definition) is 6. The number of alkyl halides is 3. The van der Waals surface area contributed by atoms with Crippen molar-refractivity contribution in [1.29, 1.82) is 0 Å². The van der Waals surface area contributed by atoms with Crippen molar-refractivity contribution in [2.24, 2.45) is 0 Å². The molecule has 0 spiro atoms. The number of amides is 1. The molecular formula is C22H21F3N2O5. The number of fused-ring (bicyclic) bond motifs is 1. The first-order valence-corrected chi connectivity index (χ1v) is 9.52. The van der Waals surface area contributed by atoms with E-state index in [9.17, 15) is 22.8 Å². The number of esters is 1. The molecule has 10 heteroatoms. The van der Waals surface area contributed by atoms with E-state index in [-0.39, 0.29) is 40.1 Å². The van der Waals surface area contributed by atoms with Gasteiger partial charge in [0.25, 0.3) is 0 Å². The van der Waals surface area contributed by atoms with Crippen molar-refractivity contribution in [2.45, 2.75) is 39.1 Å². The van der Waals surface area contributed by atoms with Gasteiger partial charge in [-0.05, 0) is 51.1 Å². The highest BCUT2D eigenvalue weighted by Gasteiger charge is 2.35. The van der Waals surface area contributed by atoms with Crippen LogP contribution in [0.1, 0.15) is 42.5 Å². The molecule has 0 aliphatic carbocycles. The molecule has 0 bridgehead atoms. The molecule has 0 saturated heterocycles. The fraction of sp³-hybridized carbons (Fsp3) is 0.318. The molecule has 2 aromatic heterocycles. The number of nitrogens with zero attached hydrogens (tertiary/aromatic N) is 1. The zero-order valence-corrected chi connectivity index (χ0v) is 17.8. The number of furan rings is 1. The minimum Gasteiger partial charge on any atom is -0.465 e. The van der Waals surface area contributed by atoms with Crippen molar-refractivity contribution in [3.63, 3.8) is 0 Å². The first-order valence-electron chi connectivity index (χ1n) is 9.52. The minimum atomic E-state index is -4.69. The second-order valence-electron chi connectivity index (χ2n) is 7.93. The molecule has 7 nitrogen and oxygen atoms in total. The number of rotatable bonds is 4. The molecule has 0 fully saturated rings. The van der Waals surface area contributed by atoms with Crippen LogP contribution in [0.25, 0.3) is 22.2 Å². The van der Waals surface area contributed by atoms with E-state index in [1.165, 1.54) is 37.6 Å². The van der Waals surface area contributed by atoms with E-state index >= 15 is 0 Å². The van der Waals surface area contributed by atoms with Crippen LogP contribution in [0, 0.1) is 0 Å². The summed E-state index contributed by atoms with van der Waals surface area (Å²) in [5.74, 6) is -0.477. The lowest BCUT2D eigenvalue weighted by molar-refractivity contribution is -0.136. The predicted octanol–water partition coefficient (Wildman–Crippen LogP) is 5.32. The fourth-order valence-corrected chi connectivity index (χ4v) is 2.93. The molecule has 0 atom stereocenters. The molecular weight excluding hydrogens is 429 g/mol. The van der Waals surface area contributed by atoms with E-state index in [2.05, 4.69) is 15.0 Å². The largest absolute Gasteiger partial charge is 0.465 e. The number of methoxy groups -OCH3 is 1. The SMILES string of the molecule is COC(=O)c1ccc(-c2cc(C(F)(F)F)c3oc(CNC(=O)OC(C)(C)C)cc3c2)nc1. The molecule has 3 aromatic rings. The Hall–Kier alpha value is -3.56. The number of alkyl carbamates (subject to hydrolysis) is 1. The van der Waals surface area contributed by atoms with E-state index in [4.69, 9.17) is 9.15 Å². The van der Waals surface area contributed by atoms with Crippen LogP contribution >= 0.6 is 0 Å². The summed E-state index contributed by atoms with van der Waals surface area (Å²) in [4.78, 5) is 27.4. The van der Waals surface area contributed by atoms with E-state index in [1.54, 1.807) is 20.8 Å². The lowest BCUT2D eigenvalue weighted by Crippen LogP contribution is -2.32. The molecule has 3 rings (SSSR count). The first kappa shape index (κ1) is 23.1. The molecule has 32 heavy (non-hydrogen) atoms. The van der Waals surface area contributed by atoms with Crippen molar-refractivity contribution >= 4 is 23.0 Å². The molecule has 170 valence electrons. The minimum absolute atomic E-state index is 0.127. The summed E-state index contributed by atoms with van der Waals surface area (Å²) in [7, 11) is 1.22. The van der Waals surface area contributed by atoms with Crippen LogP contribution in [0.4, 0.5) is 18.0 Å². The van der Waals surface area contributed by atoms with Gasteiger partial charge < -0.3 is 19.2 Å². The molecule has 2 heterocycles. The van der Waals surface area contributed by atoms with Gasteiger partial charge >= 0.3 is 18.2 Å². The van der Waals surface area contributed by atoms with E-state index in [1.807, 2.05) is 0 Å². The van der Waals surface area contributed by atoms with Crippen LogP contribution in [-0.2, 0) is 22.2 Å². The summed E-state index contributed by atoms with van der Waals surface area (Å²) >= 11 is 0. The highest BCUT2D eigenvalue weighted by atomic mass is 19.4. The molecule has 0 radical (unpaired) electrons. The Morgan fingerprint density at radius 2 is 1.84 bits per heavy atom. The van der Waals surface area contributed by atoms with Crippen molar-refractivity contribution in [3.8, 4) is 11.3 Å².